The molecule has 0 saturated heterocycles. The maximum absolute atomic E-state index is 13.5. The van der Waals surface area contributed by atoms with Crippen molar-refractivity contribution in [1.29, 1.82) is 0 Å². The number of aromatic nitrogens is 14. The predicted octanol–water partition coefficient (Wildman–Crippen LogP) is 30.9. The van der Waals surface area contributed by atoms with Crippen LogP contribution < -0.4 is 4.73 Å². The lowest BCUT2D eigenvalue weighted by atomic mass is 10.1. The van der Waals surface area contributed by atoms with Gasteiger partial charge in [0, 0.05) is 192 Å². The first-order valence-corrected chi connectivity index (χ1v) is 74.0. The molecule has 21 nitrogen and oxygen atoms in total. The van der Waals surface area contributed by atoms with Crippen LogP contribution in [0.25, 0.3) is 77.2 Å². The minimum Gasteiger partial charge on any atom is -0.711 e. The molecular weight excluding hydrogens is 2120 g/mol. The smallest absolute Gasteiger partial charge is 0.420 e. The average molecular weight is 2260 g/mol. The Balaban J connectivity index is 0.000000142. The number of hydrogen-bond acceptors (Lipinski definition) is 13. The zero-order chi connectivity index (χ0) is 104. The normalized spacial score (nSPS) is 15.1. The van der Waals surface area contributed by atoms with Gasteiger partial charge in [-0.3, -0.25) is 0 Å². The van der Waals surface area contributed by atoms with Crippen LogP contribution in [0.3, 0.4) is 0 Å². The van der Waals surface area contributed by atoms with Crippen molar-refractivity contribution in [3.63, 3.8) is 0 Å². The fourth-order valence-corrected chi connectivity index (χ4v) is 22.4. The molecule has 5 saturated carbocycles. The number of H-pyrrole nitrogens is 1. The molecule has 14 heterocycles. The van der Waals surface area contributed by atoms with E-state index in [9.17, 15) is 44.7 Å². The van der Waals surface area contributed by atoms with E-state index in [0.29, 0.717) is 61.5 Å². The van der Waals surface area contributed by atoms with E-state index in [0.717, 1.165) is 156 Å². The molecule has 14 aromatic rings. The number of ether oxygens (including phenoxy) is 6. The Morgan fingerprint density at radius 2 is 0.685 bits per heavy atom. The van der Waals surface area contributed by atoms with Gasteiger partial charge in [-0.05, 0) is 241 Å². The second kappa shape index (κ2) is 47.7. The molecule has 0 bridgehead atoms. The lowest BCUT2D eigenvalue weighted by Gasteiger charge is -2.15. The van der Waals surface area contributed by atoms with E-state index in [1.54, 1.807) is 42.9 Å². The third kappa shape index (κ3) is 32.8. The van der Waals surface area contributed by atoms with Crippen LogP contribution in [0, 0.1) is 8.78 Å². The minimum atomic E-state index is -4.50. The molecule has 1 N–H and O–H groups in total. The molecule has 0 amide bonds. The summed E-state index contributed by atoms with van der Waals surface area (Å²) in [5, 5.41) is 19.0. The van der Waals surface area contributed by atoms with Crippen molar-refractivity contribution in [3.05, 3.63) is 210 Å². The number of fused-ring (bicyclic) bond motifs is 7. The van der Waals surface area contributed by atoms with Gasteiger partial charge >= 0.3 is 18.5 Å². The standard InChI is InChI=1S/C17H22ClF3N2OSi.C17H23F3N2O2Si.C17H23F3N2OSi.C16H23IN2OSi.C16H24N2OSi.C13H19ClN2OSi.C7H5ClN2/c1-25(2,3)7-6-24-10-23-9-13(17(19,20)21)15-12(11-4-5-11)8-14(18)22-16(15)23;1-25(2,3)9-8-24-11-21-10-14(17(18,19)20)15-13(12-4-5-12)6-7-22(23)16(15)21;1-24(2,3)9-8-23-11-22-10-14(17(18,19)20)15-13(12-4-5-12)6-7-21-16(15)22;1-21(2,3)9-8-20-11-19-10-14(17)15-13(12-4-5-12)6-7-18-16(15)19;1-20(2,3)11-10-19-12-18-9-7-15-14(13-4-5-13)6-8-17-16(15)18;1-18(2,3)9-8-17-10-16-7-5-11-12(14)4-6-15-13(11)16;8-6-2-4-10-7-5(6)1-3-9-7/h8-9,11H,4-7,10H2,1-3H3;6-7,10,12H,4-5,8-9,11H2,1-3H3;6-7,10,12H,4-5,8-9,11H2,1-3H3;6-7,10,12H,4-5,8-9,11H2,1-3H3;6-9,13H,4-5,10-12H2,1-3H3;4-7H,8-10H2,1-3H3;1-4H,(H,9,10). The summed E-state index contributed by atoms with van der Waals surface area (Å²) in [6.07, 6.45) is 19.0. The predicted molar refractivity (Wildman–Crippen MR) is 583 cm³/mol. The van der Waals surface area contributed by atoms with E-state index >= 15 is 0 Å². The lowest BCUT2D eigenvalue weighted by molar-refractivity contribution is -0.580. The number of rotatable bonds is 35. The summed E-state index contributed by atoms with van der Waals surface area (Å²) in [5.74, 6) is 2.03. The molecule has 40 heteroatoms. The molecule has 19 rings (SSSR count). The summed E-state index contributed by atoms with van der Waals surface area (Å²) in [6, 6.07) is 25.3. The molecule has 0 spiro atoms. The van der Waals surface area contributed by atoms with Crippen LogP contribution in [0.2, 0.25) is 169 Å². The van der Waals surface area contributed by atoms with Gasteiger partial charge in [-0.25, -0.2) is 39.2 Å². The minimum absolute atomic E-state index is 0.0290. The summed E-state index contributed by atoms with van der Waals surface area (Å²) in [7, 11) is -6.77. The van der Waals surface area contributed by atoms with Gasteiger partial charge in [-0.15, -0.1) is 0 Å². The Morgan fingerprint density at radius 1 is 0.364 bits per heavy atom. The Hall–Kier alpha value is -7.34. The van der Waals surface area contributed by atoms with Gasteiger partial charge in [0.15, 0.2) is 6.73 Å². The van der Waals surface area contributed by atoms with Crippen LogP contribution in [0.1, 0.15) is 138 Å². The van der Waals surface area contributed by atoms with Crippen molar-refractivity contribution in [1.82, 2.24) is 62.3 Å². The van der Waals surface area contributed by atoms with Gasteiger partial charge in [0.25, 0.3) is 5.65 Å². The Kier molecular flexibility index (Phi) is 37.6. The largest absolute Gasteiger partial charge is 0.711 e. The summed E-state index contributed by atoms with van der Waals surface area (Å²) in [6.45, 7) is 47.4. The van der Waals surface area contributed by atoms with Crippen LogP contribution in [0.15, 0.2) is 141 Å². The van der Waals surface area contributed by atoms with Gasteiger partial charge in [-0.1, -0.05) is 153 Å². The Morgan fingerprint density at radius 3 is 1.11 bits per heavy atom. The molecular formula is C103H139Cl3F9IN14O7Si6. The first-order chi connectivity index (χ1) is 67.2. The SMILES string of the molecule is C[Si](C)(C)CCOCn1cc(C(F)(F)F)c2c(C3CC3)cc(Cl)nc21.C[Si](C)(C)CCOCn1cc(C(F)(F)F)c2c(C3CC3)cc[n+]([O-])c21.C[Si](C)(C)CCOCn1cc(C(F)(F)F)c2c(C3CC3)ccnc21.C[Si](C)(C)CCOCn1cc(I)c2c(C3CC3)ccnc21.C[Si](C)(C)CCOCn1ccc2c(C3CC3)ccnc21.C[Si](C)(C)CCOCn1ccc2c(Cl)ccnc21.Clc1ccnc2[nH]ccc12. The summed E-state index contributed by atoms with van der Waals surface area (Å²) in [5.41, 5.74) is 7.54. The zero-order valence-electron chi connectivity index (χ0n) is 85.5. The van der Waals surface area contributed by atoms with E-state index in [1.807, 2.05) is 41.5 Å². The Bertz CT molecular complexity index is 6610. The highest BCUT2D eigenvalue weighted by Gasteiger charge is 2.44. The fourth-order valence-electron chi connectivity index (χ4n) is 16.3. The quantitative estimate of drug-likeness (QED) is 0.00747. The maximum Gasteiger partial charge on any atom is 0.420 e. The molecule has 5 aliphatic rings. The van der Waals surface area contributed by atoms with E-state index < -0.39 is 83.7 Å². The number of halogens is 13. The number of aromatic amines is 1. The molecule has 0 aliphatic heterocycles. The van der Waals surface area contributed by atoms with Gasteiger partial charge in [0.1, 0.15) is 84.5 Å². The van der Waals surface area contributed by atoms with E-state index in [1.165, 1.54) is 95.2 Å². The third-order valence-electron chi connectivity index (χ3n) is 25.4. The molecule has 0 radical (unpaired) electrons. The first kappa shape index (κ1) is 113. The van der Waals surface area contributed by atoms with E-state index in [2.05, 4.69) is 215 Å². The van der Waals surface area contributed by atoms with Crippen molar-refractivity contribution in [2.75, 3.05) is 39.6 Å². The second-order valence-electron chi connectivity index (χ2n) is 45.4. The fraction of sp³-hybridized carbons (Fsp3) is 0.524. The zero-order valence-corrected chi connectivity index (χ0v) is 96.0. The van der Waals surface area contributed by atoms with Gasteiger partial charge in [-0.2, -0.15) is 39.5 Å². The molecule has 5 fully saturated rings. The van der Waals surface area contributed by atoms with Gasteiger partial charge in [0.05, 0.1) is 32.8 Å². The van der Waals surface area contributed by atoms with E-state index in [-0.39, 0.29) is 70.6 Å². The van der Waals surface area contributed by atoms with Crippen LogP contribution in [0.4, 0.5) is 39.5 Å². The number of pyridine rings is 7. The highest BCUT2D eigenvalue weighted by atomic mass is 127. The number of alkyl halides is 9. The van der Waals surface area contributed by atoms with Crippen LogP contribution >= 0.6 is 57.4 Å². The van der Waals surface area contributed by atoms with Gasteiger partial charge in [0.2, 0.25) is 0 Å². The topological polar surface area (TPSA) is 205 Å². The highest BCUT2D eigenvalue weighted by Crippen LogP contribution is 2.52. The summed E-state index contributed by atoms with van der Waals surface area (Å²) in [4.78, 5) is 28.9. The second-order valence-corrected chi connectivity index (χ2v) is 81.5. The molecule has 143 heavy (non-hydrogen) atoms. The lowest BCUT2D eigenvalue weighted by Crippen LogP contribution is -2.29. The number of nitrogens with one attached hydrogen (secondary N) is 1. The van der Waals surface area contributed by atoms with Crippen molar-refractivity contribution >= 4 is 183 Å². The first-order valence-electron chi connectivity index (χ1n) is 49.5. The van der Waals surface area contributed by atoms with Gasteiger partial charge < -0.3 is 61.4 Å². The maximum atomic E-state index is 13.5. The van der Waals surface area contributed by atoms with Crippen LogP contribution in [-0.4, -0.2) is 150 Å². The molecule has 778 valence electrons. The molecule has 0 atom stereocenters. The number of nitrogens with zero attached hydrogens (tertiary/aromatic N) is 13. The molecule has 0 unspecified atom stereocenters. The summed E-state index contributed by atoms with van der Waals surface area (Å²) < 4.78 is 168. The molecule has 0 aromatic carbocycles. The molecule has 14 aromatic heterocycles. The third-order valence-corrected chi connectivity index (χ3v) is 37.3. The summed E-state index contributed by atoms with van der Waals surface area (Å²) >= 11 is 20.4. The van der Waals surface area contributed by atoms with Crippen molar-refractivity contribution in [2.24, 2.45) is 0 Å². The average Bonchev–Trinajstić information content (AvgIpc) is 1.59. The number of hydrogen-bond donors (Lipinski definition) is 1. The molecule has 5 aliphatic carbocycles. The van der Waals surface area contributed by atoms with E-state index in [4.69, 9.17) is 63.2 Å². The Labute approximate surface area is 867 Å². The van der Waals surface area contributed by atoms with Crippen molar-refractivity contribution in [3.8, 4) is 0 Å². The van der Waals surface area contributed by atoms with Crippen LogP contribution in [0.5, 0.6) is 0 Å². The van der Waals surface area contributed by atoms with Crippen LogP contribution in [-0.2, 0) is 87.3 Å². The van der Waals surface area contributed by atoms with Crippen molar-refractivity contribution in [2.45, 2.75) is 307 Å². The monoisotopic (exact) mass is 2250 g/mol. The highest BCUT2D eigenvalue weighted by molar-refractivity contribution is 14.1. The van der Waals surface area contributed by atoms with Crippen molar-refractivity contribution < 1.29 is 72.7 Å².